The topological polar surface area (TPSA) is 95.9 Å². The van der Waals surface area contributed by atoms with E-state index >= 15 is 0 Å². The summed E-state index contributed by atoms with van der Waals surface area (Å²) in [6.45, 7) is 0.0587. The second-order valence-electron chi connectivity index (χ2n) is 8.18. The van der Waals surface area contributed by atoms with Crippen molar-refractivity contribution in [3.05, 3.63) is 102 Å². The number of ether oxygens (including phenoxy) is 1. The molecule has 2 amide bonds. The number of rotatable bonds is 7. The van der Waals surface area contributed by atoms with E-state index in [0.717, 1.165) is 16.7 Å². The average molecular weight is 459 g/mol. The molecule has 2 N–H and O–H groups in total. The lowest BCUT2D eigenvalue weighted by Gasteiger charge is -2.37. The Balaban J connectivity index is 1.59. The molecule has 0 bridgehead atoms. The number of nitrogens with one attached hydrogen (secondary N) is 1. The van der Waals surface area contributed by atoms with E-state index in [1.807, 2.05) is 72.8 Å². The summed E-state index contributed by atoms with van der Waals surface area (Å²) in [5.41, 5.74) is 3.11. The van der Waals surface area contributed by atoms with Crippen LogP contribution < -0.4 is 10.2 Å². The van der Waals surface area contributed by atoms with Gasteiger partial charge in [-0.3, -0.25) is 9.69 Å². The van der Waals surface area contributed by atoms with E-state index in [4.69, 9.17) is 4.74 Å². The van der Waals surface area contributed by atoms with Gasteiger partial charge in [-0.1, -0.05) is 78.9 Å². The van der Waals surface area contributed by atoms with Crippen LogP contribution in [0.3, 0.4) is 0 Å². The van der Waals surface area contributed by atoms with Gasteiger partial charge in [-0.2, -0.15) is 0 Å². The quantitative estimate of drug-likeness (QED) is 0.559. The molecule has 3 aromatic carbocycles. The van der Waals surface area contributed by atoms with Crippen LogP contribution in [-0.2, 0) is 33.8 Å². The molecule has 1 aliphatic heterocycles. The van der Waals surface area contributed by atoms with Gasteiger partial charge >= 0.3 is 12.1 Å². The van der Waals surface area contributed by atoms with Crippen molar-refractivity contribution in [2.75, 3.05) is 4.90 Å². The lowest BCUT2D eigenvalue weighted by molar-refractivity contribution is -0.140. The molecule has 2 atom stereocenters. The zero-order valence-corrected chi connectivity index (χ0v) is 18.6. The third kappa shape index (κ3) is 5.43. The molecule has 0 saturated heterocycles. The number of hydrogen-bond donors (Lipinski definition) is 2. The smallest absolute Gasteiger partial charge is 0.408 e. The van der Waals surface area contributed by atoms with Crippen molar-refractivity contribution in [3.63, 3.8) is 0 Å². The van der Waals surface area contributed by atoms with E-state index in [9.17, 15) is 19.5 Å². The minimum absolute atomic E-state index is 0.0587. The standard InChI is InChI=1S/C27H26N2O5/c30-25(29-23-14-8-7-13-21(23)15-16-24(29)26(31)32)22(17-19-9-3-1-4-10-19)28-27(33)34-18-20-11-5-2-6-12-20/h1-14,22,24H,15-18H2,(H,28,33)(H,31,32)/t22-,24+/m0/s1. The van der Waals surface area contributed by atoms with Gasteiger partial charge in [0.2, 0.25) is 0 Å². The second-order valence-corrected chi connectivity index (χ2v) is 8.18. The number of aryl methyl sites for hydroxylation is 1. The Hall–Kier alpha value is -4.13. The number of carboxylic acid groups (broad SMARTS) is 1. The van der Waals surface area contributed by atoms with Gasteiger partial charge in [-0.05, 0) is 35.6 Å². The highest BCUT2D eigenvalue weighted by molar-refractivity contribution is 6.04. The van der Waals surface area contributed by atoms with Crippen molar-refractivity contribution in [1.82, 2.24) is 5.32 Å². The van der Waals surface area contributed by atoms with Crippen LogP contribution in [0.15, 0.2) is 84.9 Å². The maximum absolute atomic E-state index is 13.8. The minimum atomic E-state index is -1.08. The van der Waals surface area contributed by atoms with Crippen molar-refractivity contribution in [3.8, 4) is 0 Å². The minimum Gasteiger partial charge on any atom is -0.480 e. The number of carbonyl (C=O) groups excluding carboxylic acids is 2. The summed E-state index contributed by atoms with van der Waals surface area (Å²) in [5.74, 6) is -1.56. The zero-order valence-electron chi connectivity index (χ0n) is 18.6. The maximum Gasteiger partial charge on any atom is 0.408 e. The third-order valence-electron chi connectivity index (χ3n) is 5.86. The molecule has 0 radical (unpaired) electrons. The predicted octanol–water partition coefficient (Wildman–Crippen LogP) is 3.96. The molecule has 34 heavy (non-hydrogen) atoms. The lowest BCUT2D eigenvalue weighted by Crippen LogP contribution is -2.56. The van der Waals surface area contributed by atoms with Crippen molar-refractivity contribution < 1.29 is 24.2 Å². The number of para-hydroxylation sites is 1. The van der Waals surface area contributed by atoms with E-state index in [2.05, 4.69) is 5.32 Å². The summed E-state index contributed by atoms with van der Waals surface area (Å²) in [6.07, 6.45) is 0.322. The van der Waals surface area contributed by atoms with Gasteiger partial charge in [0.15, 0.2) is 0 Å². The van der Waals surface area contributed by atoms with Crippen LogP contribution in [0.2, 0.25) is 0 Å². The van der Waals surface area contributed by atoms with E-state index in [0.29, 0.717) is 18.5 Å². The fraction of sp³-hybridized carbons (Fsp3) is 0.222. The van der Waals surface area contributed by atoms with E-state index < -0.39 is 30.1 Å². The first-order valence-corrected chi connectivity index (χ1v) is 11.2. The fourth-order valence-corrected chi connectivity index (χ4v) is 4.18. The van der Waals surface area contributed by atoms with Gasteiger partial charge in [0.1, 0.15) is 18.7 Å². The number of amides is 2. The molecule has 0 saturated carbocycles. The highest BCUT2D eigenvalue weighted by Crippen LogP contribution is 2.31. The van der Waals surface area contributed by atoms with Crippen LogP contribution in [0.25, 0.3) is 0 Å². The SMILES string of the molecule is O=C(N[C@@H](Cc1ccccc1)C(=O)N1c2ccccc2CC[C@@H]1C(=O)O)OCc1ccccc1. The zero-order chi connectivity index (χ0) is 23.9. The van der Waals surface area contributed by atoms with Gasteiger partial charge in [0.25, 0.3) is 5.91 Å². The number of fused-ring (bicyclic) bond motifs is 1. The first kappa shape index (κ1) is 23.0. The molecule has 0 spiro atoms. The number of benzene rings is 3. The summed E-state index contributed by atoms with van der Waals surface area (Å²) in [4.78, 5) is 39.8. The second kappa shape index (κ2) is 10.7. The van der Waals surface area contributed by atoms with Crippen molar-refractivity contribution >= 4 is 23.7 Å². The van der Waals surface area contributed by atoms with Gasteiger partial charge < -0.3 is 15.2 Å². The number of aliphatic carboxylic acids is 1. The fourth-order valence-electron chi connectivity index (χ4n) is 4.18. The molecule has 3 aromatic rings. The molecule has 174 valence electrons. The Labute approximate surface area is 198 Å². The van der Waals surface area contributed by atoms with E-state index in [-0.39, 0.29) is 13.0 Å². The van der Waals surface area contributed by atoms with E-state index in [1.54, 1.807) is 12.1 Å². The van der Waals surface area contributed by atoms with Crippen molar-refractivity contribution in [1.29, 1.82) is 0 Å². The number of carbonyl (C=O) groups is 3. The monoisotopic (exact) mass is 458 g/mol. The number of alkyl carbamates (subject to hydrolysis) is 1. The molecular weight excluding hydrogens is 432 g/mol. The Morgan fingerprint density at radius 1 is 0.912 bits per heavy atom. The summed E-state index contributed by atoms with van der Waals surface area (Å²) in [6, 6.07) is 23.8. The highest BCUT2D eigenvalue weighted by Gasteiger charge is 2.39. The number of nitrogens with zero attached hydrogens (tertiary/aromatic N) is 1. The van der Waals surface area contributed by atoms with Gasteiger partial charge in [0, 0.05) is 12.1 Å². The van der Waals surface area contributed by atoms with Gasteiger partial charge in [-0.25, -0.2) is 9.59 Å². The molecule has 0 aliphatic carbocycles. The number of carboxylic acids is 1. The Morgan fingerprint density at radius 2 is 1.53 bits per heavy atom. The number of anilines is 1. The van der Waals surface area contributed by atoms with Crippen molar-refractivity contribution in [2.45, 2.75) is 38.0 Å². The number of hydrogen-bond acceptors (Lipinski definition) is 4. The molecule has 7 nitrogen and oxygen atoms in total. The Morgan fingerprint density at radius 3 is 2.21 bits per heavy atom. The maximum atomic E-state index is 13.8. The van der Waals surface area contributed by atoms with Crippen LogP contribution >= 0.6 is 0 Å². The van der Waals surface area contributed by atoms with Gasteiger partial charge in [-0.15, -0.1) is 0 Å². The first-order valence-electron chi connectivity index (χ1n) is 11.2. The average Bonchev–Trinajstić information content (AvgIpc) is 2.87. The molecule has 1 aliphatic rings. The van der Waals surface area contributed by atoms with Crippen LogP contribution in [0, 0.1) is 0 Å². The summed E-state index contributed by atoms with van der Waals surface area (Å²) < 4.78 is 5.34. The summed E-state index contributed by atoms with van der Waals surface area (Å²) in [7, 11) is 0. The molecule has 0 unspecified atom stereocenters. The van der Waals surface area contributed by atoms with Crippen LogP contribution in [0.1, 0.15) is 23.1 Å². The van der Waals surface area contributed by atoms with Crippen molar-refractivity contribution in [2.24, 2.45) is 0 Å². The lowest BCUT2D eigenvalue weighted by atomic mass is 9.94. The van der Waals surface area contributed by atoms with Crippen LogP contribution in [0.5, 0.6) is 0 Å². The molecule has 0 aromatic heterocycles. The molecule has 0 fully saturated rings. The first-order chi connectivity index (χ1) is 16.5. The normalized spacial score (nSPS) is 15.6. The Kier molecular flexibility index (Phi) is 7.22. The summed E-state index contributed by atoms with van der Waals surface area (Å²) >= 11 is 0. The van der Waals surface area contributed by atoms with Crippen LogP contribution in [0.4, 0.5) is 10.5 Å². The highest BCUT2D eigenvalue weighted by atomic mass is 16.5. The summed E-state index contributed by atoms with van der Waals surface area (Å²) in [5, 5.41) is 12.5. The molecule has 4 rings (SSSR count). The third-order valence-corrected chi connectivity index (χ3v) is 5.86. The van der Waals surface area contributed by atoms with E-state index in [1.165, 1.54) is 4.90 Å². The Bertz CT molecular complexity index is 1150. The molecule has 7 heteroatoms. The van der Waals surface area contributed by atoms with Gasteiger partial charge in [0.05, 0.1) is 0 Å². The molecular formula is C27H26N2O5. The molecule has 1 heterocycles. The largest absolute Gasteiger partial charge is 0.480 e. The van der Waals surface area contributed by atoms with Crippen LogP contribution in [-0.4, -0.2) is 35.2 Å². The predicted molar refractivity (Wildman–Crippen MR) is 127 cm³/mol.